The summed E-state index contributed by atoms with van der Waals surface area (Å²) in [7, 11) is 0. The van der Waals surface area contributed by atoms with Crippen LogP contribution in [0.4, 0.5) is 5.69 Å². The summed E-state index contributed by atoms with van der Waals surface area (Å²) in [6, 6.07) is 13.4. The van der Waals surface area contributed by atoms with Crippen LogP contribution in [0.15, 0.2) is 48.5 Å². The highest BCUT2D eigenvalue weighted by Crippen LogP contribution is 2.29. The molecular formula is C26H32ClN3O4. The second kappa shape index (κ2) is 10.5. The van der Waals surface area contributed by atoms with Crippen LogP contribution in [0.3, 0.4) is 0 Å². The van der Waals surface area contributed by atoms with Crippen molar-refractivity contribution in [1.82, 2.24) is 10.2 Å². The summed E-state index contributed by atoms with van der Waals surface area (Å²) < 4.78 is 5.07. The third-order valence-corrected chi connectivity index (χ3v) is 6.18. The van der Waals surface area contributed by atoms with Crippen molar-refractivity contribution in [2.75, 3.05) is 24.5 Å². The summed E-state index contributed by atoms with van der Waals surface area (Å²) in [5.74, 6) is -0.783. The number of nitrogens with zero attached hydrogens (tertiary/aromatic N) is 2. The van der Waals surface area contributed by atoms with Crippen molar-refractivity contribution in [2.24, 2.45) is 5.92 Å². The Hall–Kier alpha value is -3.06. The number of amides is 2. The molecule has 1 atom stereocenters. The first kappa shape index (κ1) is 25.6. The monoisotopic (exact) mass is 485 g/mol. The molecule has 1 fully saturated rings. The molecule has 34 heavy (non-hydrogen) atoms. The van der Waals surface area contributed by atoms with Gasteiger partial charge in [0.25, 0.3) is 5.91 Å². The van der Waals surface area contributed by atoms with Crippen molar-refractivity contribution in [3.05, 3.63) is 59.1 Å². The van der Waals surface area contributed by atoms with E-state index in [-0.39, 0.29) is 29.0 Å². The van der Waals surface area contributed by atoms with Crippen LogP contribution in [-0.4, -0.2) is 53.9 Å². The fraction of sp³-hybridized carbons (Fsp3) is 0.423. The van der Waals surface area contributed by atoms with Crippen LogP contribution < -0.4 is 15.0 Å². The first-order chi connectivity index (χ1) is 16.0. The quantitative estimate of drug-likeness (QED) is 0.491. The summed E-state index contributed by atoms with van der Waals surface area (Å²) >= 11 is 6.04. The molecule has 2 amide bonds. The highest BCUT2D eigenvalue weighted by Gasteiger charge is 2.38. The topological polar surface area (TPSA) is 78.9 Å². The van der Waals surface area contributed by atoms with Crippen LogP contribution in [0.1, 0.15) is 45.0 Å². The second-order valence-corrected chi connectivity index (χ2v) is 9.95. The maximum absolute atomic E-state index is 13.5. The largest absolute Gasteiger partial charge is 0.427 e. The van der Waals surface area contributed by atoms with Gasteiger partial charge in [0.15, 0.2) is 0 Å². The molecule has 0 spiro atoms. The molecule has 0 radical (unpaired) electrons. The molecule has 1 saturated heterocycles. The minimum absolute atomic E-state index is 0.106. The van der Waals surface area contributed by atoms with Gasteiger partial charge in [-0.05, 0) is 62.2 Å². The van der Waals surface area contributed by atoms with Crippen molar-refractivity contribution in [1.29, 1.82) is 0 Å². The lowest BCUT2D eigenvalue weighted by molar-refractivity contribution is -0.136. The number of halogens is 1. The number of benzene rings is 2. The van der Waals surface area contributed by atoms with E-state index in [9.17, 15) is 14.4 Å². The smallest absolute Gasteiger partial charge is 0.308 e. The number of hydrogen-bond donors (Lipinski definition) is 1. The maximum atomic E-state index is 13.5. The third-order valence-electron chi connectivity index (χ3n) is 5.93. The minimum atomic E-state index is -0.678. The molecule has 0 aliphatic carbocycles. The van der Waals surface area contributed by atoms with Crippen LogP contribution in [0.25, 0.3) is 0 Å². The van der Waals surface area contributed by atoms with Crippen LogP contribution in [-0.2, 0) is 9.59 Å². The number of carbonyl (C=O) groups excluding carboxylic acids is 3. The highest BCUT2D eigenvalue weighted by atomic mass is 35.5. The number of anilines is 1. The van der Waals surface area contributed by atoms with Crippen molar-refractivity contribution < 1.29 is 19.1 Å². The number of ether oxygens (including phenoxy) is 1. The average molecular weight is 486 g/mol. The van der Waals surface area contributed by atoms with Gasteiger partial charge < -0.3 is 19.9 Å². The first-order valence-corrected chi connectivity index (χ1v) is 11.8. The van der Waals surface area contributed by atoms with Crippen molar-refractivity contribution in [3.63, 3.8) is 0 Å². The van der Waals surface area contributed by atoms with E-state index in [1.165, 1.54) is 13.0 Å². The number of piperazine rings is 1. The van der Waals surface area contributed by atoms with Crippen LogP contribution in [0.5, 0.6) is 5.75 Å². The molecule has 182 valence electrons. The lowest BCUT2D eigenvalue weighted by atomic mass is 9.95. The Morgan fingerprint density at radius 1 is 1.06 bits per heavy atom. The molecule has 7 nitrogen and oxygen atoms in total. The number of esters is 1. The van der Waals surface area contributed by atoms with E-state index >= 15 is 0 Å². The number of carbonyl (C=O) groups is 3. The van der Waals surface area contributed by atoms with Gasteiger partial charge in [0.2, 0.25) is 5.91 Å². The third kappa shape index (κ3) is 6.08. The van der Waals surface area contributed by atoms with E-state index in [4.69, 9.17) is 16.3 Å². The predicted molar refractivity (Wildman–Crippen MR) is 133 cm³/mol. The molecule has 2 aromatic carbocycles. The Morgan fingerprint density at radius 3 is 2.32 bits per heavy atom. The Morgan fingerprint density at radius 2 is 1.74 bits per heavy atom. The van der Waals surface area contributed by atoms with Crippen molar-refractivity contribution in [3.8, 4) is 5.75 Å². The number of rotatable bonds is 6. The zero-order valence-corrected chi connectivity index (χ0v) is 21.1. The molecular weight excluding hydrogens is 454 g/mol. The SMILES string of the molecule is CC(=O)Oc1cccc(C(=O)N[C@@H](C(=O)N2CCN(c3ccc(Cl)cc3)C(C)(C)C2)C(C)C)c1. The van der Waals surface area contributed by atoms with Gasteiger partial charge in [-0.1, -0.05) is 31.5 Å². The van der Waals surface area contributed by atoms with Crippen molar-refractivity contribution in [2.45, 2.75) is 46.2 Å². The lowest BCUT2D eigenvalue weighted by Gasteiger charge is -2.49. The fourth-order valence-electron chi connectivity index (χ4n) is 4.24. The van der Waals surface area contributed by atoms with Gasteiger partial charge in [-0.3, -0.25) is 14.4 Å². The first-order valence-electron chi connectivity index (χ1n) is 11.4. The summed E-state index contributed by atoms with van der Waals surface area (Å²) in [4.78, 5) is 41.8. The average Bonchev–Trinajstić information content (AvgIpc) is 2.76. The molecule has 1 N–H and O–H groups in total. The van der Waals surface area contributed by atoms with Gasteiger partial charge in [-0.2, -0.15) is 0 Å². The number of hydrogen-bond acceptors (Lipinski definition) is 5. The van der Waals surface area contributed by atoms with E-state index in [2.05, 4.69) is 24.1 Å². The van der Waals surface area contributed by atoms with Crippen LogP contribution in [0, 0.1) is 5.92 Å². The van der Waals surface area contributed by atoms with Gasteiger partial charge in [-0.25, -0.2) is 0 Å². The van der Waals surface area contributed by atoms with Gasteiger partial charge in [0.1, 0.15) is 11.8 Å². The van der Waals surface area contributed by atoms with E-state index in [0.717, 1.165) is 5.69 Å². The molecule has 1 aliphatic rings. The number of nitrogens with one attached hydrogen (secondary N) is 1. The summed E-state index contributed by atoms with van der Waals surface area (Å²) in [6.07, 6.45) is 0. The van der Waals surface area contributed by atoms with E-state index < -0.39 is 12.0 Å². The minimum Gasteiger partial charge on any atom is -0.427 e. The van der Waals surface area contributed by atoms with Crippen molar-refractivity contribution >= 4 is 35.1 Å². The van der Waals surface area contributed by atoms with E-state index in [0.29, 0.717) is 30.2 Å². The molecule has 1 aliphatic heterocycles. The van der Waals surface area contributed by atoms with Gasteiger partial charge in [-0.15, -0.1) is 0 Å². The Labute approximate surface area is 206 Å². The standard InChI is InChI=1S/C26H32ClN3O4/c1-17(2)23(28-24(32)19-7-6-8-22(15-19)34-18(3)31)25(33)29-13-14-30(26(4,5)16-29)21-11-9-20(27)10-12-21/h6-12,15,17,23H,13-14,16H2,1-5H3,(H,28,32)/t23-/m1/s1. The molecule has 0 unspecified atom stereocenters. The molecule has 0 bridgehead atoms. The molecule has 8 heteroatoms. The second-order valence-electron chi connectivity index (χ2n) is 9.52. The zero-order valence-electron chi connectivity index (χ0n) is 20.3. The maximum Gasteiger partial charge on any atom is 0.308 e. The Bertz CT molecular complexity index is 1050. The normalized spacial score (nSPS) is 16.2. The molecule has 0 saturated carbocycles. The molecule has 2 aromatic rings. The van der Waals surface area contributed by atoms with Gasteiger partial charge >= 0.3 is 5.97 Å². The van der Waals surface area contributed by atoms with Gasteiger partial charge in [0, 0.05) is 42.8 Å². The Kier molecular flexibility index (Phi) is 7.87. The van der Waals surface area contributed by atoms with Crippen LogP contribution >= 0.6 is 11.6 Å². The summed E-state index contributed by atoms with van der Waals surface area (Å²) in [5, 5.41) is 3.57. The molecule has 3 rings (SSSR count). The molecule has 0 aromatic heterocycles. The summed E-state index contributed by atoms with van der Waals surface area (Å²) in [5.41, 5.74) is 1.08. The fourth-order valence-corrected chi connectivity index (χ4v) is 4.37. The van der Waals surface area contributed by atoms with Crippen LogP contribution in [0.2, 0.25) is 5.02 Å². The van der Waals surface area contributed by atoms with E-state index in [1.807, 2.05) is 43.0 Å². The lowest BCUT2D eigenvalue weighted by Crippen LogP contribution is -2.63. The summed E-state index contributed by atoms with van der Waals surface area (Å²) in [6.45, 7) is 11.1. The Balaban J connectivity index is 1.72. The zero-order chi connectivity index (χ0) is 25.0. The van der Waals surface area contributed by atoms with Gasteiger partial charge in [0.05, 0.1) is 5.54 Å². The predicted octanol–water partition coefficient (Wildman–Crippen LogP) is 4.15. The highest BCUT2D eigenvalue weighted by molar-refractivity contribution is 6.30. The van der Waals surface area contributed by atoms with E-state index in [1.54, 1.807) is 18.2 Å². The molecule has 1 heterocycles.